The van der Waals surface area contributed by atoms with Crippen LogP contribution in [0.3, 0.4) is 0 Å². The van der Waals surface area contributed by atoms with Gasteiger partial charge < -0.3 is 15.3 Å². The molecule has 0 aromatic heterocycles. The van der Waals surface area contributed by atoms with Gasteiger partial charge in [0.05, 0.1) is 17.7 Å². The van der Waals surface area contributed by atoms with Crippen molar-refractivity contribution in [3.05, 3.63) is 34.6 Å². The minimum atomic E-state index is -0.653. The highest BCUT2D eigenvalue weighted by Gasteiger charge is 2.32. The molecule has 1 saturated heterocycles. The number of halogens is 2. The number of aliphatic hydroxyl groups excluding tert-OH is 1. The number of carbonyl (C=O) groups excluding carboxylic acids is 1. The lowest BCUT2D eigenvalue weighted by atomic mass is 10.1. The van der Waals surface area contributed by atoms with E-state index >= 15 is 0 Å². The molecule has 0 bridgehead atoms. The zero-order chi connectivity index (χ0) is 13.3. The second kappa shape index (κ2) is 5.22. The molecule has 1 heterocycles. The highest BCUT2D eigenvalue weighted by Crippen LogP contribution is 2.18. The van der Waals surface area contributed by atoms with Gasteiger partial charge in [0, 0.05) is 25.2 Å². The van der Waals surface area contributed by atoms with Crippen LogP contribution < -0.4 is 5.32 Å². The van der Waals surface area contributed by atoms with E-state index < -0.39 is 17.8 Å². The number of rotatable bonds is 2. The Balaban J connectivity index is 2.20. The molecule has 4 nitrogen and oxygen atoms in total. The lowest BCUT2D eigenvalue weighted by Crippen LogP contribution is -2.44. The summed E-state index contributed by atoms with van der Waals surface area (Å²) in [5.41, 5.74) is -0.0407. The fourth-order valence-electron chi connectivity index (χ4n) is 2.05. The lowest BCUT2D eigenvalue weighted by Gasteiger charge is -2.26. The first kappa shape index (κ1) is 13.3. The summed E-state index contributed by atoms with van der Waals surface area (Å²) >= 11 is 5.64. The van der Waals surface area contributed by atoms with Crippen molar-refractivity contribution in [3.63, 3.8) is 0 Å². The third-order valence-electron chi connectivity index (χ3n) is 3.13. The maximum atomic E-state index is 13.6. The van der Waals surface area contributed by atoms with Crippen molar-refractivity contribution < 1.29 is 14.3 Å². The second-order valence-electron chi connectivity index (χ2n) is 4.33. The summed E-state index contributed by atoms with van der Waals surface area (Å²) in [6, 6.07) is 3.58. The van der Waals surface area contributed by atoms with Crippen LogP contribution >= 0.6 is 11.6 Å². The number of nitrogens with zero attached hydrogens (tertiary/aromatic N) is 1. The number of hydrogen-bond donors (Lipinski definition) is 2. The molecule has 0 saturated carbocycles. The van der Waals surface area contributed by atoms with Crippen molar-refractivity contribution in [2.45, 2.75) is 12.1 Å². The summed E-state index contributed by atoms with van der Waals surface area (Å²) in [5.74, 6) is -1.11. The number of benzene rings is 1. The number of carbonyl (C=O) groups is 1. The topological polar surface area (TPSA) is 52.6 Å². The number of nitrogens with one attached hydrogen (secondary N) is 1. The molecule has 0 unspecified atom stereocenters. The fraction of sp³-hybridized carbons (Fsp3) is 0.417. The highest BCUT2D eigenvalue weighted by atomic mass is 35.5. The molecule has 0 radical (unpaired) electrons. The molecule has 18 heavy (non-hydrogen) atoms. The largest absolute Gasteiger partial charge is 0.390 e. The van der Waals surface area contributed by atoms with Crippen molar-refractivity contribution in [2.24, 2.45) is 0 Å². The number of aliphatic hydroxyl groups is 1. The summed E-state index contributed by atoms with van der Waals surface area (Å²) in [6.07, 6.45) is -0.630. The highest BCUT2D eigenvalue weighted by molar-refractivity contribution is 6.30. The van der Waals surface area contributed by atoms with Gasteiger partial charge in [-0.3, -0.25) is 4.79 Å². The first-order chi connectivity index (χ1) is 8.50. The average Bonchev–Trinajstić information content (AvgIpc) is 2.74. The Morgan fingerprint density at radius 2 is 2.28 bits per heavy atom. The van der Waals surface area contributed by atoms with Gasteiger partial charge in [-0.1, -0.05) is 11.6 Å². The fourth-order valence-corrected chi connectivity index (χ4v) is 2.21. The van der Waals surface area contributed by atoms with E-state index in [0.29, 0.717) is 13.1 Å². The van der Waals surface area contributed by atoms with Gasteiger partial charge in [0.25, 0.3) is 5.91 Å². The number of likely N-dealkylation sites (N-methyl/N-ethyl adjacent to an activating group) is 1. The van der Waals surface area contributed by atoms with Crippen molar-refractivity contribution in [2.75, 3.05) is 20.1 Å². The van der Waals surface area contributed by atoms with Crippen LogP contribution in [0.1, 0.15) is 10.4 Å². The molecule has 1 amide bonds. The molecule has 2 atom stereocenters. The third kappa shape index (κ3) is 2.48. The van der Waals surface area contributed by atoms with Crippen LogP contribution in [0.2, 0.25) is 5.02 Å². The number of amides is 1. The molecule has 1 aromatic rings. The van der Waals surface area contributed by atoms with Crippen molar-refractivity contribution in [3.8, 4) is 0 Å². The van der Waals surface area contributed by atoms with E-state index in [1.807, 2.05) is 0 Å². The molecule has 6 heteroatoms. The van der Waals surface area contributed by atoms with Gasteiger partial charge in [0.15, 0.2) is 0 Å². The van der Waals surface area contributed by atoms with Crippen LogP contribution in [0, 0.1) is 5.82 Å². The van der Waals surface area contributed by atoms with Crippen molar-refractivity contribution in [1.29, 1.82) is 0 Å². The van der Waals surface area contributed by atoms with E-state index in [4.69, 9.17) is 11.6 Å². The SMILES string of the molecule is CN(C(=O)c1ccc(Cl)cc1F)[C@@H]1CNC[C@H]1O. The second-order valence-corrected chi connectivity index (χ2v) is 4.77. The molecule has 1 aromatic carbocycles. The predicted molar refractivity (Wildman–Crippen MR) is 66.2 cm³/mol. The molecule has 1 aliphatic rings. The van der Waals surface area contributed by atoms with E-state index in [0.717, 1.165) is 6.07 Å². The molecule has 2 N–H and O–H groups in total. The summed E-state index contributed by atoms with van der Waals surface area (Å²) in [7, 11) is 1.55. The molecule has 2 rings (SSSR count). The Kier molecular flexibility index (Phi) is 3.85. The van der Waals surface area contributed by atoms with Crippen LogP contribution in [0.25, 0.3) is 0 Å². The number of hydrogen-bond acceptors (Lipinski definition) is 3. The lowest BCUT2D eigenvalue weighted by molar-refractivity contribution is 0.0577. The van der Waals surface area contributed by atoms with E-state index in [2.05, 4.69) is 5.32 Å². The minimum absolute atomic E-state index is 0.0407. The average molecular weight is 273 g/mol. The standard InChI is InChI=1S/C12H14ClFN2O2/c1-16(10-5-15-6-11(10)17)12(18)8-3-2-7(13)4-9(8)14/h2-4,10-11,15,17H,5-6H2,1H3/t10-,11-/m1/s1. The smallest absolute Gasteiger partial charge is 0.256 e. The van der Waals surface area contributed by atoms with E-state index in [1.165, 1.54) is 17.0 Å². The Bertz CT molecular complexity index is 469. The quantitative estimate of drug-likeness (QED) is 0.841. The van der Waals surface area contributed by atoms with Crippen LogP contribution in [-0.4, -0.2) is 48.2 Å². The van der Waals surface area contributed by atoms with Crippen LogP contribution in [0.15, 0.2) is 18.2 Å². The molecule has 1 aliphatic heterocycles. The Labute approximate surface area is 109 Å². The predicted octanol–water partition coefficient (Wildman–Crippen LogP) is 0.884. The van der Waals surface area contributed by atoms with Gasteiger partial charge in [-0.25, -0.2) is 4.39 Å². The van der Waals surface area contributed by atoms with E-state index in [1.54, 1.807) is 7.05 Å². The van der Waals surface area contributed by atoms with Gasteiger partial charge in [-0.15, -0.1) is 0 Å². The first-order valence-electron chi connectivity index (χ1n) is 5.61. The van der Waals surface area contributed by atoms with Crippen LogP contribution in [0.4, 0.5) is 4.39 Å². The van der Waals surface area contributed by atoms with Crippen LogP contribution in [0.5, 0.6) is 0 Å². The zero-order valence-corrected chi connectivity index (χ0v) is 10.6. The summed E-state index contributed by atoms with van der Waals surface area (Å²) < 4.78 is 13.6. The van der Waals surface area contributed by atoms with Gasteiger partial charge in [-0.05, 0) is 18.2 Å². The monoisotopic (exact) mass is 272 g/mol. The molecule has 0 aliphatic carbocycles. The Morgan fingerprint density at radius 1 is 1.56 bits per heavy atom. The Morgan fingerprint density at radius 3 is 2.83 bits per heavy atom. The normalized spacial score (nSPS) is 23.1. The maximum absolute atomic E-state index is 13.6. The van der Waals surface area contributed by atoms with Gasteiger partial charge >= 0.3 is 0 Å². The minimum Gasteiger partial charge on any atom is -0.390 e. The first-order valence-corrected chi connectivity index (χ1v) is 5.99. The van der Waals surface area contributed by atoms with Crippen LogP contribution in [-0.2, 0) is 0 Å². The van der Waals surface area contributed by atoms with Crippen molar-refractivity contribution in [1.82, 2.24) is 10.2 Å². The molecule has 1 fully saturated rings. The Hall–Kier alpha value is -1.17. The van der Waals surface area contributed by atoms with E-state index in [9.17, 15) is 14.3 Å². The summed E-state index contributed by atoms with van der Waals surface area (Å²) in [6.45, 7) is 0.935. The summed E-state index contributed by atoms with van der Waals surface area (Å²) in [5, 5.41) is 12.9. The van der Waals surface area contributed by atoms with Gasteiger partial charge in [-0.2, -0.15) is 0 Å². The molecule has 0 spiro atoms. The molecular weight excluding hydrogens is 259 g/mol. The van der Waals surface area contributed by atoms with Gasteiger partial charge in [0.2, 0.25) is 0 Å². The summed E-state index contributed by atoms with van der Waals surface area (Å²) in [4.78, 5) is 13.5. The van der Waals surface area contributed by atoms with Crippen molar-refractivity contribution >= 4 is 17.5 Å². The maximum Gasteiger partial charge on any atom is 0.256 e. The molecular formula is C12H14ClFN2O2. The molecule has 98 valence electrons. The third-order valence-corrected chi connectivity index (χ3v) is 3.37. The van der Waals surface area contributed by atoms with E-state index in [-0.39, 0.29) is 16.6 Å². The number of β-amino-alcohol motifs (C(OH)–C–C–N with tert-alkyl or cyclic N) is 1. The zero-order valence-electron chi connectivity index (χ0n) is 9.86. The van der Waals surface area contributed by atoms with Gasteiger partial charge in [0.1, 0.15) is 5.82 Å².